The van der Waals surface area contributed by atoms with Gasteiger partial charge in [-0.2, -0.15) is 0 Å². The molecule has 0 aliphatic carbocycles. The van der Waals surface area contributed by atoms with Crippen molar-refractivity contribution in [3.8, 4) is 0 Å². The van der Waals surface area contributed by atoms with Gasteiger partial charge in [-0.3, -0.25) is 4.79 Å². The topological polar surface area (TPSA) is 35.6 Å². The number of benzene rings is 2. The molecule has 0 saturated carbocycles. The summed E-state index contributed by atoms with van der Waals surface area (Å²) in [6, 6.07) is 15.4. The maximum absolute atomic E-state index is 12.1. The van der Waals surface area contributed by atoms with Gasteiger partial charge in [-0.25, -0.2) is 0 Å². The zero-order chi connectivity index (χ0) is 17.6. The van der Waals surface area contributed by atoms with Gasteiger partial charge in [0, 0.05) is 49.0 Å². The maximum atomic E-state index is 12.1. The minimum Gasteiger partial charge on any atom is -0.369 e. The first-order valence-electron chi connectivity index (χ1n) is 8.75. The van der Waals surface area contributed by atoms with Crippen LogP contribution in [0.2, 0.25) is 5.02 Å². The molecule has 132 valence electrons. The third-order valence-electron chi connectivity index (χ3n) is 4.68. The van der Waals surface area contributed by atoms with Crippen molar-refractivity contribution in [1.82, 2.24) is 10.2 Å². The molecule has 25 heavy (non-hydrogen) atoms. The van der Waals surface area contributed by atoms with Gasteiger partial charge in [-0.15, -0.1) is 0 Å². The van der Waals surface area contributed by atoms with Crippen molar-refractivity contribution in [3.63, 3.8) is 0 Å². The number of piperazine rings is 1. The van der Waals surface area contributed by atoms with Crippen molar-refractivity contribution in [2.45, 2.75) is 13.5 Å². The first kappa shape index (κ1) is 17.8. The number of rotatable bonds is 5. The highest BCUT2D eigenvalue weighted by atomic mass is 35.5. The van der Waals surface area contributed by atoms with Crippen LogP contribution in [-0.2, 0) is 6.54 Å². The highest BCUT2D eigenvalue weighted by Gasteiger charge is 2.15. The molecule has 1 aliphatic rings. The number of carbonyl (C=O) groups excluding carboxylic acids is 1. The number of nitrogens with zero attached hydrogens (tertiary/aromatic N) is 2. The zero-order valence-electron chi connectivity index (χ0n) is 14.5. The predicted molar refractivity (Wildman–Crippen MR) is 103 cm³/mol. The molecule has 2 aromatic carbocycles. The van der Waals surface area contributed by atoms with Gasteiger partial charge >= 0.3 is 0 Å². The molecule has 0 spiro atoms. The fourth-order valence-electron chi connectivity index (χ4n) is 3.03. The lowest BCUT2D eigenvalue weighted by molar-refractivity contribution is 0.0951. The maximum Gasteiger partial charge on any atom is 0.251 e. The quantitative estimate of drug-likeness (QED) is 0.890. The lowest BCUT2D eigenvalue weighted by Crippen LogP contribution is -2.46. The summed E-state index contributed by atoms with van der Waals surface area (Å²) in [5.74, 6) is -0.0866. The van der Waals surface area contributed by atoms with E-state index in [-0.39, 0.29) is 5.91 Å². The van der Waals surface area contributed by atoms with Crippen molar-refractivity contribution in [1.29, 1.82) is 0 Å². The van der Waals surface area contributed by atoms with Gasteiger partial charge in [0.2, 0.25) is 0 Å². The fraction of sp³-hybridized carbons (Fsp3) is 0.350. The van der Waals surface area contributed by atoms with Crippen LogP contribution in [0.15, 0.2) is 48.5 Å². The molecule has 2 aromatic rings. The third kappa shape index (κ3) is 4.74. The number of hydrogen-bond acceptors (Lipinski definition) is 3. The Balaban J connectivity index is 1.52. The standard InChI is InChI=1S/C20H24ClN3O/c1-2-23-11-13-24(14-12-23)19-9-3-16(4-10-19)15-22-20(25)17-5-7-18(21)8-6-17/h3-10H,2,11-15H2,1H3,(H,22,25). The minimum absolute atomic E-state index is 0.0866. The van der Waals surface area contributed by atoms with E-state index in [0.29, 0.717) is 17.1 Å². The molecule has 3 rings (SSSR count). The van der Waals surface area contributed by atoms with Gasteiger partial charge in [0.1, 0.15) is 0 Å². The summed E-state index contributed by atoms with van der Waals surface area (Å²) in [4.78, 5) is 17.0. The predicted octanol–water partition coefficient (Wildman–Crippen LogP) is 3.41. The Morgan fingerprint density at radius 3 is 2.24 bits per heavy atom. The van der Waals surface area contributed by atoms with Crippen LogP contribution >= 0.6 is 11.6 Å². The van der Waals surface area contributed by atoms with Gasteiger partial charge in [0.15, 0.2) is 0 Å². The summed E-state index contributed by atoms with van der Waals surface area (Å²) in [5, 5.41) is 3.58. The van der Waals surface area contributed by atoms with Crippen LogP contribution in [0, 0.1) is 0 Å². The van der Waals surface area contributed by atoms with E-state index in [1.54, 1.807) is 24.3 Å². The highest BCUT2D eigenvalue weighted by Crippen LogP contribution is 2.17. The number of halogens is 1. The summed E-state index contributed by atoms with van der Waals surface area (Å²) in [6.45, 7) is 8.24. The Morgan fingerprint density at radius 1 is 1.00 bits per heavy atom. The monoisotopic (exact) mass is 357 g/mol. The molecule has 0 aromatic heterocycles. The first-order chi connectivity index (χ1) is 12.2. The Morgan fingerprint density at radius 2 is 1.64 bits per heavy atom. The highest BCUT2D eigenvalue weighted by molar-refractivity contribution is 6.30. The van der Waals surface area contributed by atoms with E-state index in [1.165, 1.54) is 5.69 Å². The summed E-state index contributed by atoms with van der Waals surface area (Å²) < 4.78 is 0. The van der Waals surface area contributed by atoms with E-state index < -0.39 is 0 Å². The van der Waals surface area contributed by atoms with Gasteiger partial charge in [-0.05, 0) is 48.5 Å². The second-order valence-electron chi connectivity index (χ2n) is 6.28. The normalized spacial score (nSPS) is 15.2. The number of hydrogen-bond donors (Lipinski definition) is 1. The van der Waals surface area contributed by atoms with Crippen LogP contribution in [0.4, 0.5) is 5.69 Å². The average Bonchev–Trinajstić information content (AvgIpc) is 2.67. The van der Waals surface area contributed by atoms with E-state index in [9.17, 15) is 4.79 Å². The molecule has 1 aliphatic heterocycles. The largest absolute Gasteiger partial charge is 0.369 e. The Kier molecular flexibility index (Phi) is 5.95. The van der Waals surface area contributed by atoms with Crippen molar-refractivity contribution in [2.75, 3.05) is 37.6 Å². The van der Waals surface area contributed by atoms with Crippen LogP contribution in [0.1, 0.15) is 22.8 Å². The molecule has 1 heterocycles. The van der Waals surface area contributed by atoms with Gasteiger partial charge in [-0.1, -0.05) is 30.7 Å². The van der Waals surface area contributed by atoms with Crippen LogP contribution in [-0.4, -0.2) is 43.5 Å². The van der Waals surface area contributed by atoms with Crippen LogP contribution in [0.25, 0.3) is 0 Å². The smallest absolute Gasteiger partial charge is 0.251 e. The lowest BCUT2D eigenvalue weighted by Gasteiger charge is -2.35. The molecule has 0 unspecified atom stereocenters. The Bertz CT molecular complexity index is 692. The molecule has 1 saturated heterocycles. The molecular weight excluding hydrogens is 334 g/mol. The molecule has 0 atom stereocenters. The molecule has 0 bridgehead atoms. The Hall–Kier alpha value is -2.04. The summed E-state index contributed by atoms with van der Waals surface area (Å²) >= 11 is 5.85. The summed E-state index contributed by atoms with van der Waals surface area (Å²) in [5.41, 5.74) is 2.97. The molecule has 1 fully saturated rings. The third-order valence-corrected chi connectivity index (χ3v) is 4.93. The number of nitrogens with one attached hydrogen (secondary N) is 1. The molecule has 1 amide bonds. The lowest BCUT2D eigenvalue weighted by atomic mass is 10.1. The number of amides is 1. The molecule has 4 nitrogen and oxygen atoms in total. The number of carbonyl (C=O) groups is 1. The van der Waals surface area contributed by atoms with Crippen molar-refractivity contribution in [2.24, 2.45) is 0 Å². The van der Waals surface area contributed by atoms with E-state index in [4.69, 9.17) is 11.6 Å². The SMILES string of the molecule is CCN1CCN(c2ccc(CNC(=O)c3ccc(Cl)cc3)cc2)CC1. The van der Waals surface area contributed by atoms with E-state index in [1.807, 2.05) is 0 Å². The van der Waals surface area contributed by atoms with Gasteiger partial charge < -0.3 is 15.1 Å². The van der Waals surface area contributed by atoms with E-state index in [0.717, 1.165) is 38.3 Å². The van der Waals surface area contributed by atoms with Gasteiger partial charge in [0.25, 0.3) is 5.91 Å². The second kappa shape index (κ2) is 8.37. The van der Waals surface area contributed by atoms with Crippen molar-refractivity contribution < 1.29 is 4.79 Å². The zero-order valence-corrected chi connectivity index (χ0v) is 15.3. The second-order valence-corrected chi connectivity index (χ2v) is 6.71. The van der Waals surface area contributed by atoms with Crippen LogP contribution in [0.5, 0.6) is 0 Å². The number of anilines is 1. The van der Waals surface area contributed by atoms with E-state index in [2.05, 4.69) is 46.3 Å². The van der Waals surface area contributed by atoms with Crippen molar-refractivity contribution >= 4 is 23.2 Å². The Labute approximate surface area is 154 Å². The average molecular weight is 358 g/mol. The van der Waals surface area contributed by atoms with Crippen LogP contribution in [0.3, 0.4) is 0 Å². The number of likely N-dealkylation sites (N-methyl/N-ethyl adjacent to an activating group) is 1. The molecule has 5 heteroatoms. The molecule has 0 radical (unpaired) electrons. The first-order valence-corrected chi connectivity index (χ1v) is 9.13. The molecule has 1 N–H and O–H groups in total. The van der Waals surface area contributed by atoms with Crippen LogP contribution < -0.4 is 10.2 Å². The summed E-state index contributed by atoms with van der Waals surface area (Å²) in [6.07, 6.45) is 0. The minimum atomic E-state index is -0.0866. The van der Waals surface area contributed by atoms with E-state index >= 15 is 0 Å². The molecular formula is C20H24ClN3O. The summed E-state index contributed by atoms with van der Waals surface area (Å²) in [7, 11) is 0. The van der Waals surface area contributed by atoms with Gasteiger partial charge in [0.05, 0.1) is 0 Å². The van der Waals surface area contributed by atoms with Crippen molar-refractivity contribution in [3.05, 3.63) is 64.7 Å². The fourth-order valence-corrected chi connectivity index (χ4v) is 3.16.